The molecule has 0 aliphatic carbocycles. The number of pyridine rings is 1. The minimum atomic E-state index is -0.297. The van der Waals surface area contributed by atoms with Gasteiger partial charge in [-0.3, -0.25) is 4.98 Å². The highest BCUT2D eigenvalue weighted by Crippen LogP contribution is 2.30. The SMILES string of the molecule is Fc1ccc(OCc2ccnc3cc(Cl)cc(Cl)c23)cc1. The van der Waals surface area contributed by atoms with E-state index in [2.05, 4.69) is 4.98 Å². The summed E-state index contributed by atoms with van der Waals surface area (Å²) < 4.78 is 18.5. The predicted molar refractivity (Wildman–Crippen MR) is 82.5 cm³/mol. The second kappa shape index (κ2) is 5.88. The summed E-state index contributed by atoms with van der Waals surface area (Å²) >= 11 is 12.2. The van der Waals surface area contributed by atoms with Crippen LogP contribution in [-0.2, 0) is 6.61 Å². The Labute approximate surface area is 131 Å². The zero-order valence-corrected chi connectivity index (χ0v) is 12.3. The third-order valence-electron chi connectivity index (χ3n) is 3.05. The molecule has 3 aromatic rings. The van der Waals surface area contributed by atoms with E-state index in [0.29, 0.717) is 27.9 Å². The Morgan fingerprint density at radius 1 is 1.05 bits per heavy atom. The normalized spacial score (nSPS) is 10.8. The van der Waals surface area contributed by atoms with Crippen LogP contribution in [0.4, 0.5) is 4.39 Å². The highest BCUT2D eigenvalue weighted by atomic mass is 35.5. The molecule has 0 saturated heterocycles. The molecular formula is C16H10Cl2FNO. The predicted octanol–water partition coefficient (Wildman–Crippen LogP) is 5.26. The molecular weight excluding hydrogens is 312 g/mol. The van der Waals surface area contributed by atoms with Crippen molar-refractivity contribution in [1.82, 2.24) is 4.98 Å². The number of aromatic nitrogens is 1. The molecule has 2 nitrogen and oxygen atoms in total. The van der Waals surface area contributed by atoms with Gasteiger partial charge >= 0.3 is 0 Å². The first-order valence-electron chi connectivity index (χ1n) is 6.24. The van der Waals surface area contributed by atoms with Crippen LogP contribution in [0, 0.1) is 5.82 Å². The summed E-state index contributed by atoms with van der Waals surface area (Å²) in [6, 6.07) is 11.1. The van der Waals surface area contributed by atoms with Crippen molar-refractivity contribution in [2.24, 2.45) is 0 Å². The molecule has 0 aliphatic rings. The molecule has 0 bridgehead atoms. The van der Waals surface area contributed by atoms with E-state index in [4.69, 9.17) is 27.9 Å². The Kier molecular flexibility index (Phi) is 3.95. The molecule has 0 amide bonds. The summed E-state index contributed by atoms with van der Waals surface area (Å²) in [7, 11) is 0. The highest BCUT2D eigenvalue weighted by molar-refractivity contribution is 6.38. The first kappa shape index (κ1) is 14.1. The van der Waals surface area contributed by atoms with E-state index in [1.54, 1.807) is 30.5 Å². The lowest BCUT2D eigenvalue weighted by Crippen LogP contribution is -1.98. The maximum atomic E-state index is 12.9. The quantitative estimate of drug-likeness (QED) is 0.656. The topological polar surface area (TPSA) is 22.1 Å². The van der Waals surface area contributed by atoms with Gasteiger partial charge in [0.15, 0.2) is 0 Å². The van der Waals surface area contributed by atoms with Crippen molar-refractivity contribution < 1.29 is 9.13 Å². The molecule has 1 heterocycles. The number of halogens is 3. The largest absolute Gasteiger partial charge is 0.489 e. The fraction of sp³-hybridized carbons (Fsp3) is 0.0625. The third-order valence-corrected chi connectivity index (χ3v) is 3.57. The monoisotopic (exact) mass is 321 g/mol. The number of benzene rings is 2. The Balaban J connectivity index is 1.92. The molecule has 0 saturated carbocycles. The summed E-state index contributed by atoms with van der Waals surface area (Å²) in [4.78, 5) is 4.26. The van der Waals surface area contributed by atoms with Crippen LogP contribution in [-0.4, -0.2) is 4.98 Å². The van der Waals surface area contributed by atoms with Crippen LogP contribution in [0.15, 0.2) is 48.7 Å². The minimum absolute atomic E-state index is 0.297. The molecule has 106 valence electrons. The molecule has 0 atom stereocenters. The minimum Gasteiger partial charge on any atom is -0.489 e. The van der Waals surface area contributed by atoms with Crippen LogP contribution >= 0.6 is 23.2 Å². The second-order valence-corrected chi connectivity index (χ2v) is 5.34. The van der Waals surface area contributed by atoms with E-state index in [9.17, 15) is 4.39 Å². The maximum absolute atomic E-state index is 12.9. The fourth-order valence-electron chi connectivity index (χ4n) is 2.08. The van der Waals surface area contributed by atoms with Gasteiger partial charge in [0.1, 0.15) is 18.2 Å². The van der Waals surface area contributed by atoms with Crippen molar-refractivity contribution in [2.45, 2.75) is 6.61 Å². The zero-order valence-electron chi connectivity index (χ0n) is 10.8. The molecule has 0 unspecified atom stereocenters. The first-order chi connectivity index (χ1) is 10.1. The van der Waals surface area contributed by atoms with Crippen LogP contribution in [0.5, 0.6) is 5.75 Å². The van der Waals surface area contributed by atoms with Crippen molar-refractivity contribution in [1.29, 1.82) is 0 Å². The van der Waals surface area contributed by atoms with Crippen molar-refractivity contribution in [3.05, 3.63) is 70.1 Å². The van der Waals surface area contributed by atoms with Crippen LogP contribution in [0.1, 0.15) is 5.56 Å². The Morgan fingerprint density at radius 2 is 1.81 bits per heavy atom. The summed E-state index contributed by atoms with van der Waals surface area (Å²) in [5.74, 6) is 0.292. The number of hydrogen-bond donors (Lipinski definition) is 0. The van der Waals surface area contributed by atoms with E-state index in [0.717, 1.165) is 10.9 Å². The number of hydrogen-bond acceptors (Lipinski definition) is 2. The van der Waals surface area contributed by atoms with Gasteiger partial charge in [0.05, 0.1) is 10.5 Å². The van der Waals surface area contributed by atoms with Gasteiger partial charge in [-0.25, -0.2) is 4.39 Å². The van der Waals surface area contributed by atoms with Gasteiger partial charge in [-0.05, 0) is 42.5 Å². The number of nitrogens with zero attached hydrogens (tertiary/aromatic N) is 1. The standard InChI is InChI=1S/C16H10Cl2FNO/c17-11-7-14(18)16-10(5-6-20-15(16)8-11)9-21-13-3-1-12(19)2-4-13/h1-8H,9H2. The fourth-order valence-corrected chi connectivity index (χ4v) is 2.69. The van der Waals surface area contributed by atoms with E-state index in [-0.39, 0.29) is 5.82 Å². The summed E-state index contributed by atoms with van der Waals surface area (Å²) in [6.45, 7) is 0.312. The average molecular weight is 322 g/mol. The molecule has 0 aliphatic heterocycles. The smallest absolute Gasteiger partial charge is 0.123 e. The van der Waals surface area contributed by atoms with Gasteiger partial charge in [0.25, 0.3) is 0 Å². The summed E-state index contributed by atoms with van der Waals surface area (Å²) in [5.41, 5.74) is 1.61. The van der Waals surface area contributed by atoms with Gasteiger partial charge in [-0.2, -0.15) is 0 Å². The van der Waals surface area contributed by atoms with Crippen molar-refractivity contribution in [3.8, 4) is 5.75 Å². The molecule has 0 spiro atoms. The molecule has 21 heavy (non-hydrogen) atoms. The van der Waals surface area contributed by atoms with Crippen molar-refractivity contribution in [2.75, 3.05) is 0 Å². The number of rotatable bonds is 3. The van der Waals surface area contributed by atoms with Crippen LogP contribution in [0.25, 0.3) is 10.9 Å². The van der Waals surface area contributed by atoms with Crippen molar-refractivity contribution >= 4 is 34.1 Å². The van der Waals surface area contributed by atoms with Crippen LogP contribution < -0.4 is 4.74 Å². The number of fused-ring (bicyclic) bond motifs is 1. The lowest BCUT2D eigenvalue weighted by atomic mass is 10.1. The number of ether oxygens (including phenoxy) is 1. The molecule has 0 radical (unpaired) electrons. The van der Waals surface area contributed by atoms with Gasteiger partial charge in [-0.1, -0.05) is 23.2 Å². The molecule has 1 aromatic heterocycles. The second-order valence-electron chi connectivity index (χ2n) is 4.49. The van der Waals surface area contributed by atoms with Gasteiger partial charge in [-0.15, -0.1) is 0 Å². The summed E-state index contributed by atoms with van der Waals surface area (Å²) in [6.07, 6.45) is 1.68. The van der Waals surface area contributed by atoms with E-state index in [1.807, 2.05) is 6.07 Å². The van der Waals surface area contributed by atoms with E-state index >= 15 is 0 Å². The van der Waals surface area contributed by atoms with E-state index in [1.165, 1.54) is 12.1 Å². The third kappa shape index (κ3) is 3.09. The van der Waals surface area contributed by atoms with Crippen LogP contribution in [0.3, 0.4) is 0 Å². The van der Waals surface area contributed by atoms with Gasteiger partial charge < -0.3 is 4.74 Å². The lowest BCUT2D eigenvalue weighted by molar-refractivity contribution is 0.307. The lowest BCUT2D eigenvalue weighted by Gasteiger charge is -2.10. The van der Waals surface area contributed by atoms with E-state index < -0.39 is 0 Å². The summed E-state index contributed by atoms with van der Waals surface area (Å²) in [5, 5.41) is 1.88. The van der Waals surface area contributed by atoms with Gasteiger partial charge in [0.2, 0.25) is 0 Å². The zero-order chi connectivity index (χ0) is 14.8. The molecule has 3 rings (SSSR count). The molecule has 2 aromatic carbocycles. The van der Waals surface area contributed by atoms with Gasteiger partial charge in [0, 0.05) is 22.2 Å². The molecule has 0 N–H and O–H groups in total. The Morgan fingerprint density at radius 3 is 2.57 bits per heavy atom. The van der Waals surface area contributed by atoms with Crippen LogP contribution in [0.2, 0.25) is 10.0 Å². The average Bonchev–Trinajstić information content (AvgIpc) is 2.46. The maximum Gasteiger partial charge on any atom is 0.123 e. The molecule has 0 fully saturated rings. The first-order valence-corrected chi connectivity index (χ1v) is 7.00. The highest BCUT2D eigenvalue weighted by Gasteiger charge is 2.08. The van der Waals surface area contributed by atoms with Crippen molar-refractivity contribution in [3.63, 3.8) is 0 Å². The molecule has 5 heteroatoms. The Hall–Kier alpha value is -1.84. The Bertz CT molecular complexity index is 790.